The van der Waals surface area contributed by atoms with E-state index in [-0.39, 0.29) is 35.9 Å². The third kappa shape index (κ3) is 4.47. The van der Waals surface area contributed by atoms with Crippen molar-refractivity contribution in [1.82, 2.24) is 10.2 Å². The topological polar surface area (TPSA) is 84.7 Å². The molecule has 1 saturated heterocycles. The zero-order chi connectivity index (χ0) is 14.6. The summed E-state index contributed by atoms with van der Waals surface area (Å²) < 4.78 is 5.07. The average Bonchev–Trinajstić information content (AvgIpc) is 2.66. The minimum Gasteiger partial charge on any atom is -0.380 e. The van der Waals surface area contributed by atoms with E-state index < -0.39 is 0 Å². The Balaban J connectivity index is 2.47. The molecule has 1 fully saturated rings. The normalized spacial score (nSPS) is 21.6. The molecule has 0 radical (unpaired) electrons. The van der Waals surface area contributed by atoms with Gasteiger partial charge in [-0.15, -0.1) is 0 Å². The minimum atomic E-state index is -0.268. The van der Waals surface area contributed by atoms with Crippen LogP contribution >= 0.6 is 0 Å². The molecule has 0 bridgehead atoms. The van der Waals surface area contributed by atoms with Gasteiger partial charge in [0.05, 0.1) is 18.6 Å². The van der Waals surface area contributed by atoms with Crippen molar-refractivity contribution in [3.63, 3.8) is 0 Å². The van der Waals surface area contributed by atoms with Crippen molar-refractivity contribution in [2.24, 2.45) is 5.73 Å². The van der Waals surface area contributed by atoms with Gasteiger partial charge < -0.3 is 20.7 Å². The van der Waals surface area contributed by atoms with Crippen molar-refractivity contribution in [2.45, 2.75) is 51.3 Å². The van der Waals surface area contributed by atoms with Crippen LogP contribution in [0.3, 0.4) is 0 Å². The van der Waals surface area contributed by atoms with E-state index in [1.54, 1.807) is 4.90 Å². The van der Waals surface area contributed by atoms with Gasteiger partial charge in [0.15, 0.2) is 0 Å². The van der Waals surface area contributed by atoms with Crippen molar-refractivity contribution in [3.8, 4) is 0 Å². The molecule has 110 valence electrons. The van der Waals surface area contributed by atoms with Crippen LogP contribution in [0.1, 0.15) is 33.6 Å². The zero-order valence-corrected chi connectivity index (χ0v) is 12.2. The van der Waals surface area contributed by atoms with Crippen molar-refractivity contribution in [3.05, 3.63) is 0 Å². The van der Waals surface area contributed by atoms with Gasteiger partial charge in [-0.05, 0) is 20.8 Å². The summed E-state index contributed by atoms with van der Waals surface area (Å²) in [4.78, 5) is 25.5. The van der Waals surface area contributed by atoms with Gasteiger partial charge in [0.1, 0.15) is 0 Å². The molecule has 1 rings (SSSR count). The van der Waals surface area contributed by atoms with E-state index in [1.165, 1.54) is 7.11 Å². The summed E-state index contributed by atoms with van der Waals surface area (Å²) >= 11 is 0. The van der Waals surface area contributed by atoms with E-state index >= 15 is 0 Å². The van der Waals surface area contributed by atoms with Crippen LogP contribution in [0.4, 0.5) is 0 Å². The third-order valence-corrected chi connectivity index (χ3v) is 3.31. The molecule has 1 aliphatic heterocycles. The zero-order valence-electron chi connectivity index (χ0n) is 12.2. The fourth-order valence-corrected chi connectivity index (χ4v) is 2.21. The number of nitrogens with zero attached hydrogens (tertiary/aromatic N) is 1. The lowest BCUT2D eigenvalue weighted by atomic mass is 10.1. The molecular weight excluding hydrogens is 246 g/mol. The number of nitrogens with two attached hydrogens (primary N) is 1. The summed E-state index contributed by atoms with van der Waals surface area (Å²) in [6.07, 6.45) is 0.326. The van der Waals surface area contributed by atoms with E-state index in [0.29, 0.717) is 19.5 Å². The van der Waals surface area contributed by atoms with E-state index in [0.717, 1.165) is 0 Å². The molecule has 0 aromatic carbocycles. The van der Waals surface area contributed by atoms with Gasteiger partial charge in [-0.25, -0.2) is 0 Å². The second kappa shape index (κ2) is 6.34. The molecule has 19 heavy (non-hydrogen) atoms. The molecule has 2 atom stereocenters. The summed E-state index contributed by atoms with van der Waals surface area (Å²) in [6, 6.07) is -0.116. The quantitative estimate of drug-likeness (QED) is 0.729. The predicted molar refractivity (Wildman–Crippen MR) is 72.5 cm³/mol. The van der Waals surface area contributed by atoms with Crippen LogP contribution in [0, 0.1) is 0 Å². The maximum Gasteiger partial charge on any atom is 0.225 e. The third-order valence-electron chi connectivity index (χ3n) is 3.31. The number of rotatable bonds is 5. The number of hydrogen-bond acceptors (Lipinski definition) is 4. The van der Waals surface area contributed by atoms with Crippen LogP contribution in [0.15, 0.2) is 0 Å². The molecule has 2 unspecified atom stereocenters. The molecule has 6 nitrogen and oxygen atoms in total. The Morgan fingerprint density at radius 2 is 2.21 bits per heavy atom. The summed E-state index contributed by atoms with van der Waals surface area (Å²) in [5, 5.41) is 2.87. The predicted octanol–water partition coefficient (Wildman–Crippen LogP) is -0.134. The second-order valence-electron chi connectivity index (χ2n) is 5.94. The van der Waals surface area contributed by atoms with E-state index in [9.17, 15) is 9.59 Å². The number of carbonyl (C=O) groups is 2. The first-order valence-electron chi connectivity index (χ1n) is 6.60. The van der Waals surface area contributed by atoms with Crippen molar-refractivity contribution >= 4 is 11.8 Å². The van der Waals surface area contributed by atoms with Gasteiger partial charge in [-0.2, -0.15) is 0 Å². The molecule has 0 saturated carbocycles. The first-order valence-corrected chi connectivity index (χ1v) is 6.60. The van der Waals surface area contributed by atoms with Crippen LogP contribution < -0.4 is 11.1 Å². The van der Waals surface area contributed by atoms with Crippen LogP contribution in [0.5, 0.6) is 0 Å². The monoisotopic (exact) mass is 271 g/mol. The van der Waals surface area contributed by atoms with Crippen molar-refractivity contribution in [2.75, 3.05) is 20.2 Å². The number of likely N-dealkylation sites (tertiary alicyclic amines) is 1. The number of hydrogen-bond donors (Lipinski definition) is 2. The average molecular weight is 271 g/mol. The number of ether oxygens (including phenoxy) is 1. The molecule has 0 aromatic heterocycles. The molecule has 0 spiro atoms. The summed E-state index contributed by atoms with van der Waals surface area (Å²) in [6.45, 7) is 6.84. The summed E-state index contributed by atoms with van der Waals surface area (Å²) in [5.41, 5.74) is 5.27. The number of carbonyl (C=O) groups excluding carboxylic acids is 2. The smallest absolute Gasteiger partial charge is 0.225 e. The largest absolute Gasteiger partial charge is 0.380 e. The Kier molecular flexibility index (Phi) is 5.31. The van der Waals surface area contributed by atoms with Crippen LogP contribution in [0.25, 0.3) is 0 Å². The SMILES string of the molecule is COC(CN)CC(=O)NC1CC(=O)N(C(C)(C)C)C1. The fourth-order valence-electron chi connectivity index (χ4n) is 2.21. The highest BCUT2D eigenvalue weighted by atomic mass is 16.5. The lowest BCUT2D eigenvalue weighted by molar-refractivity contribution is -0.131. The molecule has 1 heterocycles. The van der Waals surface area contributed by atoms with Gasteiger partial charge in [0.25, 0.3) is 0 Å². The van der Waals surface area contributed by atoms with Crippen molar-refractivity contribution < 1.29 is 14.3 Å². The van der Waals surface area contributed by atoms with E-state index in [4.69, 9.17) is 10.5 Å². The highest BCUT2D eigenvalue weighted by Crippen LogP contribution is 2.21. The van der Waals surface area contributed by atoms with E-state index in [1.807, 2.05) is 20.8 Å². The molecule has 6 heteroatoms. The molecule has 1 aliphatic rings. The Morgan fingerprint density at radius 1 is 1.58 bits per heavy atom. The van der Waals surface area contributed by atoms with Gasteiger partial charge >= 0.3 is 0 Å². The minimum absolute atomic E-state index is 0.0833. The Labute approximate surface area is 114 Å². The maximum absolute atomic E-state index is 11.9. The van der Waals surface area contributed by atoms with Gasteiger partial charge in [-0.1, -0.05) is 0 Å². The summed E-state index contributed by atoms with van der Waals surface area (Å²) in [7, 11) is 1.53. The Hall–Kier alpha value is -1.14. The van der Waals surface area contributed by atoms with Crippen molar-refractivity contribution in [1.29, 1.82) is 0 Å². The van der Waals surface area contributed by atoms with Gasteiger partial charge in [-0.3, -0.25) is 9.59 Å². The lowest BCUT2D eigenvalue weighted by Gasteiger charge is -2.32. The van der Waals surface area contributed by atoms with E-state index in [2.05, 4.69) is 5.32 Å². The molecule has 3 N–H and O–H groups in total. The fraction of sp³-hybridized carbons (Fsp3) is 0.846. The van der Waals surface area contributed by atoms with Gasteiger partial charge in [0, 0.05) is 32.2 Å². The first kappa shape index (κ1) is 15.9. The lowest BCUT2D eigenvalue weighted by Crippen LogP contribution is -2.45. The number of amides is 2. The molecule has 0 aliphatic carbocycles. The Morgan fingerprint density at radius 3 is 2.63 bits per heavy atom. The summed E-state index contributed by atoms with van der Waals surface area (Å²) in [5.74, 6) is -0.0363. The molecule has 0 aromatic rings. The maximum atomic E-state index is 11.9. The highest BCUT2D eigenvalue weighted by Gasteiger charge is 2.36. The van der Waals surface area contributed by atoms with Gasteiger partial charge in [0.2, 0.25) is 11.8 Å². The first-order chi connectivity index (χ1) is 8.77. The molecular formula is C13H25N3O3. The van der Waals surface area contributed by atoms with Crippen LogP contribution in [0.2, 0.25) is 0 Å². The number of methoxy groups -OCH3 is 1. The van der Waals surface area contributed by atoms with Crippen LogP contribution in [-0.4, -0.2) is 54.6 Å². The number of nitrogens with one attached hydrogen (secondary N) is 1. The highest BCUT2D eigenvalue weighted by molar-refractivity contribution is 5.82. The molecule has 2 amide bonds. The van der Waals surface area contributed by atoms with Crippen LogP contribution in [-0.2, 0) is 14.3 Å². The standard InChI is InChI=1S/C13H25N3O3/c1-13(2,3)16-8-9(5-12(16)18)15-11(17)6-10(7-14)19-4/h9-10H,5-8,14H2,1-4H3,(H,15,17). The Bertz CT molecular complexity index is 335. The second-order valence-corrected chi connectivity index (χ2v) is 5.94.